The fourth-order valence-corrected chi connectivity index (χ4v) is 6.37. The minimum Gasteiger partial charge on any atom is -0.497 e. The number of ether oxygens (including phenoxy) is 1. The van der Waals surface area contributed by atoms with E-state index in [1.165, 1.54) is 24.1 Å². The Labute approximate surface area is 266 Å². The molecule has 0 spiro atoms. The van der Waals surface area contributed by atoms with Crippen molar-refractivity contribution in [1.82, 2.24) is 10.2 Å². The van der Waals surface area contributed by atoms with Gasteiger partial charge < -0.3 is 15.0 Å². The van der Waals surface area contributed by atoms with Crippen LogP contribution < -0.4 is 14.4 Å². The summed E-state index contributed by atoms with van der Waals surface area (Å²) in [6, 6.07) is 31.1. The molecule has 0 aliphatic rings. The number of hydrogen-bond donors (Lipinski definition) is 1. The third-order valence-corrected chi connectivity index (χ3v) is 9.33. The maximum Gasteiger partial charge on any atom is 0.264 e. The molecule has 0 saturated heterocycles. The Morgan fingerprint density at radius 1 is 0.822 bits per heavy atom. The summed E-state index contributed by atoms with van der Waals surface area (Å²) in [6.07, 6.45) is 1.98. The van der Waals surface area contributed by atoms with Gasteiger partial charge in [0, 0.05) is 19.5 Å². The van der Waals surface area contributed by atoms with Crippen LogP contribution in [0.2, 0.25) is 0 Å². The van der Waals surface area contributed by atoms with Crippen LogP contribution in [0.1, 0.15) is 36.5 Å². The van der Waals surface area contributed by atoms with Crippen LogP contribution in [-0.2, 0) is 32.6 Å². The van der Waals surface area contributed by atoms with Gasteiger partial charge in [0.1, 0.15) is 18.3 Å². The minimum atomic E-state index is -4.19. The van der Waals surface area contributed by atoms with Gasteiger partial charge in [0.05, 0.1) is 17.7 Å². The predicted molar refractivity (Wildman–Crippen MR) is 178 cm³/mol. The number of rotatable bonds is 15. The van der Waals surface area contributed by atoms with E-state index in [1.54, 1.807) is 36.4 Å². The summed E-state index contributed by atoms with van der Waals surface area (Å²) in [5.74, 6) is -0.265. The summed E-state index contributed by atoms with van der Waals surface area (Å²) in [6.45, 7) is 4.06. The molecule has 4 aromatic rings. The monoisotopic (exact) mass is 627 g/mol. The fourth-order valence-electron chi connectivity index (χ4n) is 4.95. The fraction of sp³-hybridized carbons (Fsp3) is 0.278. The molecule has 0 bridgehead atoms. The number of carbonyl (C=O) groups is 2. The molecule has 0 saturated carbocycles. The van der Waals surface area contributed by atoms with Gasteiger partial charge in [-0.2, -0.15) is 0 Å². The van der Waals surface area contributed by atoms with Crippen molar-refractivity contribution in [2.45, 2.75) is 50.6 Å². The van der Waals surface area contributed by atoms with E-state index in [4.69, 9.17) is 4.74 Å². The number of sulfonamides is 1. The maximum absolute atomic E-state index is 14.5. The number of nitrogens with one attached hydrogen (secondary N) is 1. The molecular formula is C36H41N3O5S. The van der Waals surface area contributed by atoms with E-state index in [2.05, 4.69) is 5.32 Å². The second-order valence-corrected chi connectivity index (χ2v) is 12.7. The van der Waals surface area contributed by atoms with E-state index in [-0.39, 0.29) is 23.8 Å². The second kappa shape index (κ2) is 15.9. The summed E-state index contributed by atoms with van der Waals surface area (Å²) < 4.78 is 34.6. The van der Waals surface area contributed by atoms with Gasteiger partial charge in [0.15, 0.2) is 0 Å². The first-order valence-corrected chi connectivity index (χ1v) is 16.6. The molecule has 2 amide bonds. The molecule has 0 fully saturated rings. The zero-order chi connectivity index (χ0) is 32.2. The Kier molecular flexibility index (Phi) is 11.8. The van der Waals surface area contributed by atoms with Crippen molar-refractivity contribution in [3.8, 4) is 5.75 Å². The Balaban J connectivity index is 1.77. The van der Waals surface area contributed by atoms with E-state index in [1.807, 2.05) is 74.5 Å². The van der Waals surface area contributed by atoms with E-state index in [0.29, 0.717) is 18.0 Å². The van der Waals surface area contributed by atoms with Crippen LogP contribution in [0.15, 0.2) is 114 Å². The maximum atomic E-state index is 14.5. The molecule has 0 aromatic heterocycles. The summed E-state index contributed by atoms with van der Waals surface area (Å²) in [7, 11) is -2.68. The Morgan fingerprint density at radius 3 is 2.00 bits per heavy atom. The van der Waals surface area contributed by atoms with E-state index in [9.17, 15) is 18.0 Å². The van der Waals surface area contributed by atoms with Crippen molar-refractivity contribution < 1.29 is 22.7 Å². The van der Waals surface area contributed by atoms with Crippen LogP contribution in [0.3, 0.4) is 0 Å². The molecule has 4 aromatic carbocycles. The highest BCUT2D eigenvalue weighted by Crippen LogP contribution is 2.26. The van der Waals surface area contributed by atoms with Gasteiger partial charge >= 0.3 is 0 Å². The molecule has 8 nitrogen and oxygen atoms in total. The van der Waals surface area contributed by atoms with Gasteiger partial charge in [0.2, 0.25) is 11.8 Å². The molecule has 45 heavy (non-hydrogen) atoms. The SMILES string of the molecule is CCCCNC(=O)[C@H](Cc1ccccc1)N(Cc1ccccc1)C(=O)CN(c1ccc(C)cc1)S(=O)(=O)c1ccc(OC)cc1. The highest BCUT2D eigenvalue weighted by Gasteiger charge is 2.34. The van der Waals surface area contributed by atoms with E-state index < -0.39 is 28.5 Å². The van der Waals surface area contributed by atoms with E-state index >= 15 is 0 Å². The number of aryl methyl sites for hydroxylation is 1. The normalized spacial score (nSPS) is 11.8. The summed E-state index contributed by atoms with van der Waals surface area (Å²) >= 11 is 0. The Hall–Kier alpha value is -4.63. The first-order chi connectivity index (χ1) is 21.7. The number of carbonyl (C=O) groups excluding carboxylic acids is 2. The quantitative estimate of drug-likeness (QED) is 0.169. The number of nitrogens with zero attached hydrogens (tertiary/aromatic N) is 2. The number of anilines is 1. The van der Waals surface area contributed by atoms with Crippen molar-refractivity contribution >= 4 is 27.5 Å². The minimum absolute atomic E-state index is 0.0180. The molecule has 1 N–H and O–H groups in total. The van der Waals surface area contributed by atoms with Gasteiger partial charge in [-0.05, 0) is 60.9 Å². The molecule has 0 unspecified atom stereocenters. The number of amides is 2. The number of methoxy groups -OCH3 is 1. The summed E-state index contributed by atoms with van der Waals surface area (Å²) in [5.41, 5.74) is 3.01. The zero-order valence-electron chi connectivity index (χ0n) is 26.1. The summed E-state index contributed by atoms with van der Waals surface area (Å²) in [4.78, 5) is 29.8. The van der Waals surface area contributed by atoms with Crippen LogP contribution in [-0.4, -0.2) is 51.4 Å². The number of benzene rings is 4. The van der Waals surface area contributed by atoms with Crippen LogP contribution in [0.25, 0.3) is 0 Å². The molecule has 0 radical (unpaired) electrons. The lowest BCUT2D eigenvalue weighted by molar-refractivity contribution is -0.140. The van der Waals surface area contributed by atoms with Crippen molar-refractivity contribution in [3.63, 3.8) is 0 Å². The van der Waals surface area contributed by atoms with E-state index in [0.717, 1.165) is 33.8 Å². The number of hydrogen-bond acceptors (Lipinski definition) is 5. The average Bonchev–Trinajstić information content (AvgIpc) is 3.06. The lowest BCUT2D eigenvalue weighted by Crippen LogP contribution is -2.53. The van der Waals surface area contributed by atoms with Gasteiger partial charge in [-0.1, -0.05) is 91.7 Å². The lowest BCUT2D eigenvalue weighted by atomic mass is 10.0. The third kappa shape index (κ3) is 8.95. The molecule has 9 heteroatoms. The van der Waals surface area contributed by atoms with Gasteiger partial charge in [-0.25, -0.2) is 8.42 Å². The lowest BCUT2D eigenvalue weighted by Gasteiger charge is -2.34. The molecule has 236 valence electrons. The highest BCUT2D eigenvalue weighted by atomic mass is 32.2. The molecule has 0 heterocycles. The molecule has 1 atom stereocenters. The van der Waals surface area contributed by atoms with Crippen molar-refractivity contribution in [1.29, 1.82) is 0 Å². The smallest absolute Gasteiger partial charge is 0.264 e. The largest absolute Gasteiger partial charge is 0.497 e. The van der Waals surface area contributed by atoms with Gasteiger partial charge in [-0.3, -0.25) is 13.9 Å². The third-order valence-electron chi connectivity index (χ3n) is 7.54. The molecule has 4 rings (SSSR count). The topological polar surface area (TPSA) is 96.0 Å². The van der Waals surface area contributed by atoms with Crippen LogP contribution in [0, 0.1) is 6.92 Å². The van der Waals surface area contributed by atoms with Gasteiger partial charge in [-0.15, -0.1) is 0 Å². The standard InChI is InChI=1S/C36H41N3O5S/c1-4-5-24-37-36(41)34(25-29-12-8-6-9-13-29)38(26-30-14-10-7-11-15-30)35(40)27-39(31-18-16-28(2)17-19-31)45(42,43)33-22-20-32(44-3)21-23-33/h6-23,34H,4-5,24-27H2,1-3H3,(H,37,41)/t34-/m0/s1. The molecular weight excluding hydrogens is 586 g/mol. The highest BCUT2D eigenvalue weighted by molar-refractivity contribution is 7.92. The second-order valence-electron chi connectivity index (χ2n) is 10.9. The Morgan fingerprint density at radius 2 is 1.42 bits per heavy atom. The van der Waals surface area contributed by atoms with Crippen molar-refractivity contribution in [2.75, 3.05) is 24.5 Å². The van der Waals surface area contributed by atoms with Crippen LogP contribution in [0.4, 0.5) is 5.69 Å². The molecule has 0 aliphatic carbocycles. The summed E-state index contributed by atoms with van der Waals surface area (Å²) in [5, 5.41) is 3.01. The average molecular weight is 628 g/mol. The van der Waals surface area contributed by atoms with Crippen LogP contribution >= 0.6 is 0 Å². The zero-order valence-corrected chi connectivity index (χ0v) is 26.9. The van der Waals surface area contributed by atoms with Crippen LogP contribution in [0.5, 0.6) is 5.75 Å². The Bertz CT molecular complexity index is 1630. The number of unbranched alkanes of at least 4 members (excludes halogenated alkanes) is 1. The van der Waals surface area contributed by atoms with Gasteiger partial charge in [0.25, 0.3) is 10.0 Å². The predicted octanol–water partition coefficient (Wildman–Crippen LogP) is 5.76. The molecule has 0 aliphatic heterocycles. The first-order valence-electron chi connectivity index (χ1n) is 15.1. The first kappa shape index (κ1) is 33.3. The van der Waals surface area contributed by atoms with Crippen molar-refractivity contribution in [2.24, 2.45) is 0 Å². The van der Waals surface area contributed by atoms with Crippen molar-refractivity contribution in [3.05, 3.63) is 126 Å².